The van der Waals surface area contributed by atoms with Crippen LogP contribution < -0.4 is 5.32 Å². The number of aromatic nitrogens is 1. The first kappa shape index (κ1) is 14.6. The molecule has 0 bridgehead atoms. The van der Waals surface area contributed by atoms with E-state index in [2.05, 4.69) is 33.2 Å². The molecule has 0 amide bonds. The zero-order valence-electron chi connectivity index (χ0n) is 10.9. The van der Waals surface area contributed by atoms with Crippen LogP contribution in [0.4, 0.5) is 0 Å². The highest BCUT2D eigenvalue weighted by molar-refractivity contribution is 9.10. The molecule has 3 nitrogen and oxygen atoms in total. The van der Waals surface area contributed by atoms with Crippen molar-refractivity contribution in [2.24, 2.45) is 0 Å². The number of oxazole rings is 1. The monoisotopic (exact) mass is 342 g/mol. The Morgan fingerprint density at radius 2 is 2.26 bits per heavy atom. The lowest BCUT2D eigenvalue weighted by atomic mass is 10.2. The first-order valence-corrected chi connectivity index (χ1v) is 7.43. The quantitative estimate of drug-likeness (QED) is 0.846. The average molecular weight is 344 g/mol. The summed E-state index contributed by atoms with van der Waals surface area (Å²) in [5, 5.41) is 4.04. The van der Waals surface area contributed by atoms with Gasteiger partial charge < -0.3 is 9.73 Å². The third kappa shape index (κ3) is 3.59. The van der Waals surface area contributed by atoms with Crippen LogP contribution >= 0.6 is 27.5 Å². The lowest BCUT2D eigenvalue weighted by Gasteiger charge is -2.08. The largest absolute Gasteiger partial charge is 0.439 e. The lowest BCUT2D eigenvalue weighted by Crippen LogP contribution is -2.19. The van der Waals surface area contributed by atoms with E-state index in [1.807, 2.05) is 25.1 Å². The van der Waals surface area contributed by atoms with Crippen LogP contribution in [0.5, 0.6) is 0 Å². The number of halogens is 2. The first-order valence-electron chi connectivity index (χ1n) is 6.26. The Kier molecular flexibility index (Phi) is 5.02. The fourth-order valence-corrected chi connectivity index (χ4v) is 2.63. The van der Waals surface area contributed by atoms with Gasteiger partial charge in [0.1, 0.15) is 0 Å². The van der Waals surface area contributed by atoms with E-state index in [0.29, 0.717) is 10.9 Å². The molecule has 0 saturated heterocycles. The molecule has 1 unspecified atom stereocenters. The molecule has 0 aliphatic heterocycles. The van der Waals surface area contributed by atoms with Gasteiger partial charge in [0.05, 0.1) is 12.2 Å². The van der Waals surface area contributed by atoms with Crippen LogP contribution in [-0.2, 0) is 0 Å². The normalized spacial score (nSPS) is 12.6. The topological polar surface area (TPSA) is 38.1 Å². The van der Waals surface area contributed by atoms with Gasteiger partial charge >= 0.3 is 0 Å². The van der Waals surface area contributed by atoms with E-state index in [0.717, 1.165) is 28.8 Å². The van der Waals surface area contributed by atoms with Gasteiger partial charge in [0.15, 0.2) is 5.76 Å². The van der Waals surface area contributed by atoms with E-state index in [9.17, 15) is 0 Å². The highest BCUT2D eigenvalue weighted by Crippen LogP contribution is 2.31. The summed E-state index contributed by atoms with van der Waals surface area (Å²) in [6.07, 6.45) is 2.83. The predicted molar refractivity (Wildman–Crippen MR) is 81.4 cm³/mol. The highest BCUT2D eigenvalue weighted by Gasteiger charge is 2.14. The third-order valence-electron chi connectivity index (χ3n) is 2.79. The van der Waals surface area contributed by atoms with Crippen LogP contribution in [0, 0.1) is 0 Å². The van der Waals surface area contributed by atoms with Crippen molar-refractivity contribution in [2.75, 3.05) is 6.54 Å². The molecule has 0 fully saturated rings. The number of nitrogens with one attached hydrogen (secondary N) is 1. The zero-order valence-corrected chi connectivity index (χ0v) is 13.3. The SMILES string of the molecule is CCCNC(C)c1ncc(-c2ccc(Cl)cc2Br)o1. The van der Waals surface area contributed by atoms with E-state index in [1.54, 1.807) is 6.20 Å². The fourth-order valence-electron chi connectivity index (χ4n) is 1.75. The summed E-state index contributed by atoms with van der Waals surface area (Å²) in [6, 6.07) is 5.71. The molecular weight excluding hydrogens is 328 g/mol. The summed E-state index contributed by atoms with van der Waals surface area (Å²) < 4.78 is 6.70. The molecule has 0 aliphatic carbocycles. The maximum atomic E-state index is 5.93. The van der Waals surface area contributed by atoms with Crippen LogP contribution in [0.25, 0.3) is 11.3 Å². The molecule has 102 valence electrons. The predicted octanol–water partition coefficient (Wildman–Crippen LogP) is 4.82. The van der Waals surface area contributed by atoms with Gasteiger partial charge in [-0.3, -0.25) is 0 Å². The smallest absolute Gasteiger partial charge is 0.211 e. The molecule has 0 spiro atoms. The Morgan fingerprint density at radius 3 is 2.95 bits per heavy atom. The standard InChI is InChI=1S/C14H16BrClN2O/c1-3-6-17-9(2)14-18-8-13(19-14)11-5-4-10(16)7-12(11)15/h4-5,7-9,17H,3,6H2,1-2H3. The highest BCUT2D eigenvalue weighted by atomic mass is 79.9. The van der Waals surface area contributed by atoms with Gasteiger partial charge in [-0.25, -0.2) is 4.98 Å². The Labute approximate surface area is 126 Å². The number of benzene rings is 1. The molecule has 1 aromatic carbocycles. The molecule has 0 saturated carbocycles. The van der Waals surface area contributed by atoms with Crippen LogP contribution in [0.15, 0.2) is 33.3 Å². The van der Waals surface area contributed by atoms with Gasteiger partial charge in [-0.1, -0.05) is 18.5 Å². The number of hydrogen-bond acceptors (Lipinski definition) is 3. The van der Waals surface area contributed by atoms with Crippen molar-refractivity contribution in [1.29, 1.82) is 0 Å². The molecule has 2 aromatic rings. The van der Waals surface area contributed by atoms with Crippen molar-refractivity contribution in [3.8, 4) is 11.3 Å². The lowest BCUT2D eigenvalue weighted by molar-refractivity contribution is 0.423. The summed E-state index contributed by atoms with van der Waals surface area (Å²) in [5.41, 5.74) is 0.950. The summed E-state index contributed by atoms with van der Waals surface area (Å²) >= 11 is 9.42. The molecule has 0 radical (unpaired) electrons. The molecule has 19 heavy (non-hydrogen) atoms. The maximum absolute atomic E-state index is 5.93. The van der Waals surface area contributed by atoms with Crippen molar-refractivity contribution in [3.05, 3.63) is 39.8 Å². The number of rotatable bonds is 5. The maximum Gasteiger partial charge on any atom is 0.211 e. The average Bonchev–Trinajstić information content (AvgIpc) is 2.85. The van der Waals surface area contributed by atoms with E-state index >= 15 is 0 Å². The van der Waals surface area contributed by atoms with Crippen LogP contribution in [0.3, 0.4) is 0 Å². The Bertz CT molecular complexity index is 556. The minimum absolute atomic E-state index is 0.111. The second kappa shape index (κ2) is 6.55. The van der Waals surface area contributed by atoms with Gasteiger partial charge in [-0.2, -0.15) is 0 Å². The third-order valence-corrected chi connectivity index (χ3v) is 3.68. The number of nitrogens with zero attached hydrogens (tertiary/aromatic N) is 1. The molecule has 2 rings (SSSR count). The van der Waals surface area contributed by atoms with Gasteiger partial charge in [0.2, 0.25) is 5.89 Å². The van der Waals surface area contributed by atoms with Crippen LogP contribution in [0.2, 0.25) is 5.02 Å². The summed E-state index contributed by atoms with van der Waals surface area (Å²) in [6.45, 7) is 5.12. The van der Waals surface area contributed by atoms with Crippen LogP contribution in [-0.4, -0.2) is 11.5 Å². The van der Waals surface area contributed by atoms with Gasteiger partial charge in [-0.05, 0) is 54.0 Å². The Morgan fingerprint density at radius 1 is 1.47 bits per heavy atom. The molecule has 1 heterocycles. The van der Waals surface area contributed by atoms with Crippen LogP contribution in [0.1, 0.15) is 32.2 Å². The van der Waals surface area contributed by atoms with Gasteiger partial charge in [0, 0.05) is 15.1 Å². The van der Waals surface area contributed by atoms with E-state index < -0.39 is 0 Å². The minimum atomic E-state index is 0.111. The fraction of sp³-hybridized carbons (Fsp3) is 0.357. The number of hydrogen-bond donors (Lipinski definition) is 1. The van der Waals surface area contributed by atoms with Crippen molar-refractivity contribution in [1.82, 2.24) is 10.3 Å². The van der Waals surface area contributed by atoms with E-state index in [-0.39, 0.29) is 6.04 Å². The van der Waals surface area contributed by atoms with Crippen molar-refractivity contribution in [2.45, 2.75) is 26.3 Å². The van der Waals surface area contributed by atoms with Gasteiger partial charge in [0.25, 0.3) is 0 Å². The molecular formula is C14H16BrClN2O. The minimum Gasteiger partial charge on any atom is -0.439 e. The van der Waals surface area contributed by atoms with Gasteiger partial charge in [-0.15, -0.1) is 0 Å². The molecule has 0 aliphatic rings. The van der Waals surface area contributed by atoms with Crippen molar-refractivity contribution < 1.29 is 4.42 Å². The van der Waals surface area contributed by atoms with Crippen molar-refractivity contribution in [3.63, 3.8) is 0 Å². The van der Waals surface area contributed by atoms with E-state index in [1.165, 1.54) is 0 Å². The van der Waals surface area contributed by atoms with E-state index in [4.69, 9.17) is 16.0 Å². The molecule has 1 atom stereocenters. The molecule has 1 aromatic heterocycles. The zero-order chi connectivity index (χ0) is 13.8. The first-order chi connectivity index (χ1) is 9.11. The Balaban J connectivity index is 2.20. The van der Waals surface area contributed by atoms with Crippen molar-refractivity contribution >= 4 is 27.5 Å². The molecule has 5 heteroatoms. The molecule has 1 N–H and O–H groups in total. The summed E-state index contributed by atoms with van der Waals surface area (Å²) in [7, 11) is 0. The second-order valence-electron chi connectivity index (χ2n) is 4.36. The summed E-state index contributed by atoms with van der Waals surface area (Å²) in [4.78, 5) is 4.33. The second-order valence-corrected chi connectivity index (χ2v) is 5.65. The Hall–Kier alpha value is -0.840. The summed E-state index contributed by atoms with van der Waals surface area (Å²) in [5.74, 6) is 1.44.